The van der Waals surface area contributed by atoms with E-state index in [9.17, 15) is 4.79 Å². The highest BCUT2D eigenvalue weighted by Crippen LogP contribution is 2.30. The van der Waals surface area contributed by atoms with E-state index in [0.717, 1.165) is 22.5 Å². The molecule has 1 aliphatic rings. The fourth-order valence-electron chi connectivity index (χ4n) is 2.52. The summed E-state index contributed by atoms with van der Waals surface area (Å²) in [5.41, 5.74) is 4.86. The molecule has 0 saturated carbocycles. The Morgan fingerprint density at radius 1 is 1.24 bits per heavy atom. The summed E-state index contributed by atoms with van der Waals surface area (Å²) in [7, 11) is 1.66. The number of ether oxygens (including phenoxy) is 2. The van der Waals surface area contributed by atoms with E-state index in [2.05, 4.69) is 11.9 Å². The first kappa shape index (κ1) is 15.8. The molecule has 116 valence electrons. The third-order valence-electron chi connectivity index (χ3n) is 3.64. The molecule has 5 heteroatoms. The molecule has 0 aliphatic carbocycles. The number of nitrogens with zero attached hydrogens (tertiary/aromatic N) is 2. The zero-order valence-electron chi connectivity index (χ0n) is 13.7. The van der Waals surface area contributed by atoms with Gasteiger partial charge in [-0.15, -0.1) is 0 Å². The van der Waals surface area contributed by atoms with Crippen molar-refractivity contribution in [3.05, 3.63) is 28.1 Å². The lowest BCUT2D eigenvalue weighted by molar-refractivity contribution is 0.0241. The van der Waals surface area contributed by atoms with Crippen LogP contribution in [0, 0.1) is 13.8 Å². The van der Waals surface area contributed by atoms with Crippen LogP contribution in [-0.2, 0) is 29.2 Å². The number of methoxy groups -OCH3 is 1. The van der Waals surface area contributed by atoms with E-state index in [1.807, 2.05) is 27.7 Å². The molecule has 2 heterocycles. The van der Waals surface area contributed by atoms with Crippen LogP contribution in [0.3, 0.4) is 0 Å². The Kier molecular flexibility index (Phi) is 4.23. The first-order valence-corrected chi connectivity index (χ1v) is 7.17. The van der Waals surface area contributed by atoms with Crippen LogP contribution in [0.15, 0.2) is 0 Å². The van der Waals surface area contributed by atoms with Crippen LogP contribution in [0.2, 0.25) is 0 Å². The number of rotatable bonds is 2. The van der Waals surface area contributed by atoms with Gasteiger partial charge in [-0.1, -0.05) is 0 Å². The summed E-state index contributed by atoms with van der Waals surface area (Å²) in [6.45, 7) is 11.3. The fraction of sp³-hybridized carbons (Fsp3) is 0.625. The Hall–Kier alpha value is -1.62. The van der Waals surface area contributed by atoms with Crippen LogP contribution in [-0.4, -0.2) is 28.7 Å². The largest absolute Gasteiger partial charge is 0.444 e. The van der Waals surface area contributed by atoms with Gasteiger partial charge in [0, 0.05) is 18.4 Å². The van der Waals surface area contributed by atoms with E-state index in [1.54, 1.807) is 12.0 Å². The third-order valence-corrected chi connectivity index (χ3v) is 3.64. The Morgan fingerprint density at radius 2 is 1.86 bits per heavy atom. The molecular weight excluding hydrogens is 268 g/mol. The van der Waals surface area contributed by atoms with Gasteiger partial charge >= 0.3 is 6.09 Å². The highest BCUT2D eigenvalue weighted by molar-refractivity contribution is 5.69. The second-order valence-corrected chi connectivity index (χ2v) is 6.50. The van der Waals surface area contributed by atoms with Crippen molar-refractivity contribution in [2.24, 2.45) is 0 Å². The third kappa shape index (κ3) is 3.35. The van der Waals surface area contributed by atoms with Crippen LogP contribution < -0.4 is 0 Å². The van der Waals surface area contributed by atoms with Gasteiger partial charge in [0.05, 0.1) is 25.4 Å². The highest BCUT2D eigenvalue weighted by atomic mass is 16.6. The van der Waals surface area contributed by atoms with Gasteiger partial charge in [-0.3, -0.25) is 9.88 Å². The molecule has 1 amide bonds. The second kappa shape index (κ2) is 5.64. The maximum atomic E-state index is 12.2. The Bertz CT molecular complexity index is 562. The lowest BCUT2D eigenvalue weighted by Crippen LogP contribution is -2.33. The van der Waals surface area contributed by atoms with Crippen molar-refractivity contribution in [3.8, 4) is 0 Å². The summed E-state index contributed by atoms with van der Waals surface area (Å²) in [6, 6.07) is 0. The summed E-state index contributed by atoms with van der Waals surface area (Å²) in [4.78, 5) is 18.6. The molecule has 0 N–H and O–H groups in total. The van der Waals surface area contributed by atoms with Gasteiger partial charge in [0.1, 0.15) is 5.60 Å². The minimum atomic E-state index is -0.482. The SMILES string of the molecule is COCc1nc(C)c(C)c2c1CN(C(=O)OC(C)(C)C)C2. The van der Waals surface area contributed by atoms with E-state index >= 15 is 0 Å². The molecule has 21 heavy (non-hydrogen) atoms. The van der Waals surface area contributed by atoms with E-state index < -0.39 is 5.60 Å². The molecule has 0 saturated heterocycles. The summed E-state index contributed by atoms with van der Waals surface area (Å²) < 4.78 is 10.7. The lowest BCUT2D eigenvalue weighted by Gasteiger charge is -2.24. The van der Waals surface area contributed by atoms with Crippen molar-refractivity contribution >= 4 is 6.09 Å². The van der Waals surface area contributed by atoms with Crippen LogP contribution in [0.25, 0.3) is 0 Å². The van der Waals surface area contributed by atoms with E-state index in [4.69, 9.17) is 9.47 Å². The number of aromatic nitrogens is 1. The number of carbonyl (C=O) groups is 1. The van der Waals surface area contributed by atoms with Crippen molar-refractivity contribution in [2.75, 3.05) is 7.11 Å². The average Bonchev–Trinajstić information content (AvgIpc) is 2.79. The average molecular weight is 292 g/mol. The number of amides is 1. The van der Waals surface area contributed by atoms with Gasteiger partial charge in [-0.2, -0.15) is 0 Å². The molecular formula is C16H24N2O3. The predicted octanol–water partition coefficient (Wildman–Crippen LogP) is 3.10. The molecule has 0 unspecified atom stereocenters. The first-order chi connectivity index (χ1) is 9.73. The summed E-state index contributed by atoms with van der Waals surface area (Å²) >= 11 is 0. The highest BCUT2D eigenvalue weighted by Gasteiger charge is 2.31. The molecule has 0 spiro atoms. The standard InChI is InChI=1S/C16H24N2O3/c1-10-11(2)17-14(9-20-6)13-8-18(7-12(10)13)15(19)21-16(3,4)5/h7-9H2,1-6H3. The molecule has 2 rings (SSSR count). The van der Waals surface area contributed by atoms with Crippen molar-refractivity contribution < 1.29 is 14.3 Å². The topological polar surface area (TPSA) is 51.7 Å². The number of fused-ring (bicyclic) bond motifs is 1. The zero-order valence-corrected chi connectivity index (χ0v) is 13.7. The summed E-state index contributed by atoms with van der Waals surface area (Å²) in [6.07, 6.45) is -0.279. The molecule has 0 fully saturated rings. The molecule has 0 atom stereocenters. The van der Waals surface area contributed by atoms with Crippen LogP contribution in [0.5, 0.6) is 0 Å². The van der Waals surface area contributed by atoms with Crippen molar-refractivity contribution in [3.63, 3.8) is 0 Å². The minimum Gasteiger partial charge on any atom is -0.444 e. The number of aryl methyl sites for hydroxylation is 1. The number of hydrogen-bond donors (Lipinski definition) is 0. The normalized spacial score (nSPS) is 14.3. The van der Waals surface area contributed by atoms with Gasteiger partial charge in [0.25, 0.3) is 0 Å². The van der Waals surface area contributed by atoms with Crippen LogP contribution in [0.4, 0.5) is 4.79 Å². The van der Waals surface area contributed by atoms with Gasteiger partial charge < -0.3 is 9.47 Å². The first-order valence-electron chi connectivity index (χ1n) is 7.17. The monoisotopic (exact) mass is 292 g/mol. The Morgan fingerprint density at radius 3 is 2.43 bits per heavy atom. The number of hydrogen-bond acceptors (Lipinski definition) is 4. The smallest absolute Gasteiger partial charge is 0.410 e. The Balaban J connectivity index is 2.27. The zero-order chi connectivity index (χ0) is 15.8. The quantitative estimate of drug-likeness (QED) is 0.840. The van der Waals surface area contributed by atoms with Crippen LogP contribution in [0.1, 0.15) is 48.8 Å². The molecule has 1 aromatic heterocycles. The van der Waals surface area contributed by atoms with E-state index in [1.165, 1.54) is 5.56 Å². The van der Waals surface area contributed by atoms with Gasteiger partial charge in [0.2, 0.25) is 0 Å². The van der Waals surface area contributed by atoms with Gasteiger partial charge in [-0.25, -0.2) is 4.79 Å². The predicted molar refractivity (Wildman–Crippen MR) is 79.9 cm³/mol. The van der Waals surface area contributed by atoms with Crippen molar-refractivity contribution in [1.29, 1.82) is 0 Å². The van der Waals surface area contributed by atoms with E-state index in [0.29, 0.717) is 19.7 Å². The molecule has 1 aliphatic heterocycles. The molecule has 0 radical (unpaired) electrons. The molecule has 0 bridgehead atoms. The maximum absolute atomic E-state index is 12.2. The molecule has 5 nitrogen and oxygen atoms in total. The maximum Gasteiger partial charge on any atom is 0.410 e. The number of pyridine rings is 1. The van der Waals surface area contributed by atoms with Crippen LogP contribution >= 0.6 is 0 Å². The number of carbonyl (C=O) groups excluding carboxylic acids is 1. The molecule has 0 aromatic carbocycles. The van der Waals surface area contributed by atoms with Gasteiger partial charge in [-0.05, 0) is 45.7 Å². The molecule has 1 aromatic rings. The summed E-state index contributed by atoms with van der Waals surface area (Å²) in [5.74, 6) is 0. The fourth-order valence-corrected chi connectivity index (χ4v) is 2.52. The lowest BCUT2D eigenvalue weighted by atomic mass is 10.0. The van der Waals surface area contributed by atoms with E-state index in [-0.39, 0.29) is 6.09 Å². The van der Waals surface area contributed by atoms with Gasteiger partial charge in [0.15, 0.2) is 0 Å². The van der Waals surface area contributed by atoms with Crippen molar-refractivity contribution in [2.45, 2.75) is 59.9 Å². The Labute approximate surface area is 126 Å². The van der Waals surface area contributed by atoms with Crippen molar-refractivity contribution in [1.82, 2.24) is 9.88 Å². The summed E-state index contributed by atoms with van der Waals surface area (Å²) in [5, 5.41) is 0. The second-order valence-electron chi connectivity index (χ2n) is 6.50. The minimum absolute atomic E-state index is 0.279.